The van der Waals surface area contributed by atoms with Gasteiger partial charge >= 0.3 is 11.9 Å². The number of carbonyl (C=O) groups is 5. The molecule has 0 heterocycles. The molecule has 0 saturated heterocycles. The summed E-state index contributed by atoms with van der Waals surface area (Å²) in [7, 11) is 0. The molecule has 8 aromatic rings. The van der Waals surface area contributed by atoms with Crippen molar-refractivity contribution in [3.8, 4) is 23.0 Å². The second-order valence-corrected chi connectivity index (χ2v) is 17.5. The van der Waals surface area contributed by atoms with Gasteiger partial charge in [-0.3, -0.25) is 14.4 Å². The van der Waals surface area contributed by atoms with Crippen molar-refractivity contribution in [2.75, 3.05) is 0 Å². The Kier molecular flexibility index (Phi) is 16.3. The third kappa shape index (κ3) is 13.0. The highest BCUT2D eigenvalue weighted by atomic mass is 16.5. The molecule has 8 aromatic carbocycles. The van der Waals surface area contributed by atoms with Crippen LogP contribution in [0.25, 0.3) is 0 Å². The maximum absolute atomic E-state index is 15.7. The number of hydrogen-bond acceptors (Lipinski definition) is 11. The Balaban J connectivity index is 1.05. The zero-order valence-corrected chi connectivity index (χ0v) is 40.2. The summed E-state index contributed by atoms with van der Waals surface area (Å²) >= 11 is 0. The van der Waals surface area contributed by atoms with Gasteiger partial charge in [-0.15, -0.1) is 0 Å². The number of nitrogens with one attached hydrogen (secondary N) is 1. The number of carbonyl (C=O) groups excluding carboxylic acids is 5. The van der Waals surface area contributed by atoms with E-state index in [0.717, 1.165) is 27.8 Å². The van der Waals surface area contributed by atoms with Crippen molar-refractivity contribution in [1.82, 2.24) is 5.32 Å². The Morgan fingerprint density at radius 2 is 0.892 bits per heavy atom. The van der Waals surface area contributed by atoms with Crippen LogP contribution in [0.3, 0.4) is 0 Å². The van der Waals surface area contributed by atoms with E-state index in [-0.39, 0.29) is 84.6 Å². The van der Waals surface area contributed by atoms with Crippen LogP contribution in [0.15, 0.2) is 206 Å². The molecule has 1 saturated carbocycles. The molecule has 0 radical (unpaired) electrons. The van der Waals surface area contributed by atoms with Gasteiger partial charge in [0.25, 0.3) is 5.91 Å². The molecule has 9 rings (SSSR count). The molecule has 1 aliphatic rings. The van der Waals surface area contributed by atoms with Crippen molar-refractivity contribution >= 4 is 29.4 Å². The van der Waals surface area contributed by atoms with E-state index >= 15 is 4.79 Å². The predicted octanol–water partition coefficient (Wildman–Crippen LogP) is 11.3. The van der Waals surface area contributed by atoms with Gasteiger partial charge < -0.3 is 33.7 Å². The zero-order valence-electron chi connectivity index (χ0n) is 40.2. The quantitative estimate of drug-likeness (QED) is 0.0541. The van der Waals surface area contributed by atoms with Crippen molar-refractivity contribution in [2.45, 2.75) is 58.0 Å². The summed E-state index contributed by atoms with van der Waals surface area (Å²) in [6.07, 6.45) is -1.24. The Bertz CT molecular complexity index is 3140. The third-order valence-corrected chi connectivity index (χ3v) is 12.2. The number of esters is 2. The maximum Gasteiger partial charge on any atom is 0.339 e. The highest BCUT2D eigenvalue weighted by Gasteiger charge is 2.38. The van der Waals surface area contributed by atoms with E-state index in [9.17, 15) is 19.2 Å². The molecule has 1 fully saturated rings. The van der Waals surface area contributed by atoms with Crippen LogP contribution in [0.4, 0.5) is 0 Å². The molecule has 0 bridgehead atoms. The first kappa shape index (κ1) is 49.7. The van der Waals surface area contributed by atoms with Gasteiger partial charge in [-0.25, -0.2) is 9.59 Å². The molecular formula is C62H51NO11. The van der Waals surface area contributed by atoms with E-state index in [1.165, 1.54) is 18.2 Å². The molecule has 1 amide bonds. The van der Waals surface area contributed by atoms with Crippen LogP contribution in [0, 0.1) is 0 Å². The number of ether oxygens (including phenoxy) is 6. The SMILES string of the molecule is O=C1C[C@@H](NC(=O)c2ccc(OCc3ccccc3)cc2)[C@H](OC(=O)c2cc(OCc3ccccc3)c(C(=O)c3c(OCc4ccccc4)cccc3C(=O)OCc3ccccc3)c(OCc3ccccc3)c2)C1. The Morgan fingerprint density at radius 1 is 0.432 bits per heavy atom. The molecule has 0 spiro atoms. The van der Waals surface area contributed by atoms with Gasteiger partial charge in [0.2, 0.25) is 5.78 Å². The maximum atomic E-state index is 15.7. The van der Waals surface area contributed by atoms with Gasteiger partial charge in [0.1, 0.15) is 73.5 Å². The van der Waals surface area contributed by atoms with Gasteiger partial charge in [0.05, 0.1) is 22.7 Å². The first-order valence-electron chi connectivity index (χ1n) is 24.1. The lowest BCUT2D eigenvalue weighted by Crippen LogP contribution is -2.42. The normalized spacial score (nSPS) is 13.8. The first-order valence-corrected chi connectivity index (χ1v) is 24.1. The van der Waals surface area contributed by atoms with Gasteiger partial charge in [0.15, 0.2) is 0 Å². The summed E-state index contributed by atoms with van der Waals surface area (Å²) in [4.78, 5) is 70.9. The second kappa shape index (κ2) is 24.2. The standard InChI is InChI=1S/C62H51NO11/c64-49-35-52(63-60(66)47-29-31-50(32-30-47)69-37-42-17-6-1-7-18-42)54(36-49)74-61(67)48-33-55(71-39-44-21-10-3-11-22-44)58(56(34-48)72-40-45-23-12-4-13-24-45)59(65)57-51(62(68)73-41-46-25-14-5-15-26-46)27-16-28-53(57)70-38-43-19-8-2-9-20-43/h1-34,52,54H,35-41H2,(H,63,66)/t52-,54-/m1/s1. The van der Waals surface area contributed by atoms with Crippen LogP contribution >= 0.6 is 0 Å². The number of Topliss-reactive ketones (excluding diaryl/α,β-unsaturated/α-hetero) is 1. The van der Waals surface area contributed by atoms with Crippen molar-refractivity contribution in [3.05, 3.63) is 262 Å². The number of benzene rings is 8. The van der Waals surface area contributed by atoms with E-state index in [4.69, 9.17) is 28.4 Å². The topological polar surface area (TPSA) is 153 Å². The fourth-order valence-electron chi connectivity index (χ4n) is 8.34. The van der Waals surface area contributed by atoms with Crippen LogP contribution in [0.5, 0.6) is 23.0 Å². The lowest BCUT2D eigenvalue weighted by atomic mass is 9.94. The van der Waals surface area contributed by atoms with Crippen molar-refractivity contribution in [2.24, 2.45) is 0 Å². The highest BCUT2D eigenvalue weighted by Crippen LogP contribution is 2.38. The molecular weight excluding hydrogens is 935 g/mol. The fourth-order valence-corrected chi connectivity index (χ4v) is 8.34. The van der Waals surface area contributed by atoms with Gasteiger partial charge in [-0.05, 0) is 76.3 Å². The molecule has 12 nitrogen and oxygen atoms in total. The minimum atomic E-state index is -1.03. The van der Waals surface area contributed by atoms with E-state index in [1.807, 2.05) is 152 Å². The highest BCUT2D eigenvalue weighted by molar-refractivity contribution is 6.19. The van der Waals surface area contributed by atoms with Crippen molar-refractivity contribution in [3.63, 3.8) is 0 Å². The van der Waals surface area contributed by atoms with E-state index < -0.39 is 35.8 Å². The summed E-state index contributed by atoms with van der Waals surface area (Å²) in [6, 6.07) is 59.9. The monoisotopic (exact) mass is 985 g/mol. The summed E-state index contributed by atoms with van der Waals surface area (Å²) in [6.45, 7) is 0.271. The lowest BCUT2D eigenvalue weighted by Gasteiger charge is -2.22. The van der Waals surface area contributed by atoms with E-state index in [2.05, 4.69) is 5.32 Å². The molecule has 74 heavy (non-hydrogen) atoms. The van der Waals surface area contributed by atoms with Crippen molar-refractivity contribution in [1.29, 1.82) is 0 Å². The van der Waals surface area contributed by atoms with Crippen LogP contribution in [0.2, 0.25) is 0 Å². The zero-order chi connectivity index (χ0) is 51.1. The van der Waals surface area contributed by atoms with Crippen LogP contribution < -0.4 is 24.3 Å². The summed E-state index contributed by atoms with van der Waals surface area (Å²) in [5.41, 5.74) is 3.99. The molecule has 1 aliphatic carbocycles. The smallest absolute Gasteiger partial charge is 0.339 e. The van der Waals surface area contributed by atoms with Gasteiger partial charge in [-0.2, -0.15) is 0 Å². The number of amides is 1. The fraction of sp³-hybridized carbons (Fsp3) is 0.145. The summed E-state index contributed by atoms with van der Waals surface area (Å²) < 4.78 is 37.1. The van der Waals surface area contributed by atoms with E-state index in [1.54, 1.807) is 36.4 Å². The third-order valence-electron chi connectivity index (χ3n) is 12.2. The molecule has 1 N–H and O–H groups in total. The number of rotatable bonds is 21. The van der Waals surface area contributed by atoms with Crippen LogP contribution in [0.1, 0.15) is 87.7 Å². The molecule has 2 atom stereocenters. The van der Waals surface area contributed by atoms with Crippen LogP contribution in [-0.2, 0) is 47.3 Å². The molecule has 370 valence electrons. The Morgan fingerprint density at radius 3 is 1.39 bits per heavy atom. The first-order chi connectivity index (χ1) is 36.2. The molecule has 0 unspecified atom stereocenters. The van der Waals surface area contributed by atoms with Gasteiger partial charge in [0, 0.05) is 18.4 Å². The summed E-state index contributed by atoms with van der Waals surface area (Å²) in [5, 5.41) is 2.89. The molecule has 12 heteroatoms. The van der Waals surface area contributed by atoms with Gasteiger partial charge in [-0.1, -0.05) is 158 Å². The minimum Gasteiger partial charge on any atom is -0.489 e. The Hall–Kier alpha value is -9.29. The number of hydrogen-bond donors (Lipinski definition) is 1. The largest absolute Gasteiger partial charge is 0.489 e. The second-order valence-electron chi connectivity index (χ2n) is 17.5. The molecule has 0 aromatic heterocycles. The average molecular weight is 986 g/mol. The minimum absolute atomic E-state index is 0.0404. The average Bonchev–Trinajstić information content (AvgIpc) is 3.79. The number of ketones is 2. The van der Waals surface area contributed by atoms with Crippen LogP contribution in [-0.4, -0.2) is 41.6 Å². The van der Waals surface area contributed by atoms with E-state index in [0.29, 0.717) is 17.9 Å². The van der Waals surface area contributed by atoms with Crippen molar-refractivity contribution < 1.29 is 52.4 Å². The molecule has 0 aliphatic heterocycles. The summed E-state index contributed by atoms with van der Waals surface area (Å²) in [5.74, 6) is -2.51. The predicted molar refractivity (Wildman–Crippen MR) is 276 cm³/mol. The Labute approximate surface area is 428 Å². The lowest BCUT2D eigenvalue weighted by molar-refractivity contribution is -0.117.